The van der Waals surface area contributed by atoms with E-state index in [1.165, 1.54) is 25.3 Å². The number of carbonyl (C=O) groups is 2. The maximum Gasteiger partial charge on any atom is 0.306 e. The molecule has 5 aliphatic rings. The van der Waals surface area contributed by atoms with Gasteiger partial charge in [0.15, 0.2) is 0 Å². The summed E-state index contributed by atoms with van der Waals surface area (Å²) in [6, 6.07) is 2.73. The van der Waals surface area contributed by atoms with Gasteiger partial charge in [-0.1, -0.05) is 0 Å². The number of nitro groups is 1. The molecule has 4 aliphatic carbocycles. The molecule has 4 saturated carbocycles. The van der Waals surface area contributed by atoms with Crippen molar-refractivity contribution in [1.82, 2.24) is 4.90 Å². The summed E-state index contributed by atoms with van der Waals surface area (Å²) < 4.78 is 13.6. The first kappa shape index (κ1) is 19.5. The van der Waals surface area contributed by atoms with Crippen LogP contribution in [0.2, 0.25) is 0 Å². The van der Waals surface area contributed by atoms with E-state index in [-0.39, 0.29) is 22.9 Å². The average molecular weight is 415 g/mol. The average Bonchev–Trinajstić information content (AvgIpc) is 3.17. The van der Waals surface area contributed by atoms with Crippen LogP contribution in [0, 0.1) is 39.1 Å². The van der Waals surface area contributed by atoms with Crippen molar-refractivity contribution < 1.29 is 18.9 Å². The van der Waals surface area contributed by atoms with E-state index in [0.717, 1.165) is 37.8 Å². The first-order chi connectivity index (χ1) is 14.3. The van der Waals surface area contributed by atoms with Crippen LogP contribution in [0.15, 0.2) is 18.2 Å². The predicted octanol–water partition coefficient (Wildman–Crippen LogP) is 3.88. The Kier molecular flexibility index (Phi) is 4.56. The van der Waals surface area contributed by atoms with Crippen LogP contribution in [-0.4, -0.2) is 34.2 Å². The van der Waals surface area contributed by atoms with E-state index in [1.54, 1.807) is 4.90 Å². The van der Waals surface area contributed by atoms with Crippen LogP contribution in [0.25, 0.3) is 0 Å². The van der Waals surface area contributed by atoms with Crippen LogP contribution >= 0.6 is 0 Å². The van der Waals surface area contributed by atoms with Gasteiger partial charge in [-0.15, -0.1) is 0 Å². The summed E-state index contributed by atoms with van der Waals surface area (Å²) in [5, 5.41) is 13.6. The minimum atomic E-state index is -0.947. The maximum atomic E-state index is 13.7. The quantitative estimate of drug-likeness (QED) is 0.597. The molecule has 7 nitrogen and oxygen atoms in total. The van der Waals surface area contributed by atoms with Crippen LogP contribution in [0.1, 0.15) is 51.4 Å². The second-order valence-electron chi connectivity index (χ2n) is 9.77. The third-order valence-corrected chi connectivity index (χ3v) is 7.72. The Morgan fingerprint density at radius 3 is 2.37 bits per heavy atom. The third-order valence-electron chi connectivity index (χ3n) is 7.72. The number of nitrogens with one attached hydrogen (secondary N) is 1. The summed E-state index contributed by atoms with van der Waals surface area (Å²) in [5.41, 5.74) is -0.811. The van der Waals surface area contributed by atoms with Crippen molar-refractivity contribution >= 4 is 23.2 Å². The zero-order valence-corrected chi connectivity index (χ0v) is 16.8. The zero-order valence-electron chi connectivity index (χ0n) is 16.8. The molecule has 1 heterocycles. The number of nitrogens with zero attached hydrogens (tertiary/aromatic N) is 2. The first-order valence-corrected chi connectivity index (χ1v) is 10.9. The zero-order chi connectivity index (χ0) is 21.0. The number of amides is 2. The molecular formula is C22H26FN3O4. The summed E-state index contributed by atoms with van der Waals surface area (Å²) in [7, 11) is 0. The van der Waals surface area contributed by atoms with E-state index >= 15 is 0 Å². The standard InChI is InChI=1S/C22H26FN3O4/c23-17-4-3-16(9-19(17)26(29)30)24-20(27)18-2-1-5-25(18)21(28)22-10-13-6-14(11-22)8-15(7-13)12-22/h3-4,9,13-15,18H,1-2,5-8,10-12H2,(H,24,27). The van der Waals surface area contributed by atoms with E-state index in [0.29, 0.717) is 30.7 Å². The lowest BCUT2D eigenvalue weighted by molar-refractivity contribution is -0.387. The van der Waals surface area contributed by atoms with Crippen LogP contribution < -0.4 is 5.32 Å². The Morgan fingerprint density at radius 1 is 1.13 bits per heavy atom. The molecule has 1 unspecified atom stereocenters. The normalized spacial score (nSPS) is 34.2. The van der Waals surface area contributed by atoms with Gasteiger partial charge in [-0.3, -0.25) is 19.7 Å². The predicted molar refractivity (Wildman–Crippen MR) is 107 cm³/mol. The number of likely N-dealkylation sites (tertiary alicyclic amines) is 1. The Bertz CT molecular complexity index is 882. The lowest BCUT2D eigenvalue weighted by atomic mass is 9.49. The first-order valence-electron chi connectivity index (χ1n) is 10.9. The molecule has 30 heavy (non-hydrogen) atoms. The molecule has 1 aromatic carbocycles. The van der Waals surface area contributed by atoms with Crippen molar-refractivity contribution in [2.24, 2.45) is 23.2 Å². The second kappa shape index (κ2) is 7.03. The maximum absolute atomic E-state index is 13.7. The molecule has 0 aromatic heterocycles. The van der Waals surface area contributed by atoms with E-state index in [1.807, 2.05) is 0 Å². The number of benzene rings is 1. The van der Waals surface area contributed by atoms with E-state index in [2.05, 4.69) is 5.32 Å². The van der Waals surface area contributed by atoms with Gasteiger partial charge in [0.1, 0.15) is 6.04 Å². The molecule has 0 spiro atoms. The fourth-order valence-corrected chi connectivity index (χ4v) is 6.92. The lowest BCUT2D eigenvalue weighted by Crippen LogP contribution is -2.56. The van der Waals surface area contributed by atoms with Gasteiger partial charge >= 0.3 is 5.69 Å². The largest absolute Gasteiger partial charge is 0.330 e. The second-order valence-corrected chi connectivity index (χ2v) is 9.77. The minimum absolute atomic E-state index is 0.129. The summed E-state index contributed by atoms with van der Waals surface area (Å²) >= 11 is 0. The molecule has 160 valence electrons. The number of nitro benzene ring substituents is 1. The summed E-state index contributed by atoms with van der Waals surface area (Å²) in [6.07, 6.45) is 7.94. The van der Waals surface area contributed by atoms with Gasteiger partial charge in [0.25, 0.3) is 0 Å². The molecule has 1 N–H and O–H groups in total. The number of anilines is 1. The molecule has 1 aliphatic heterocycles. The fourth-order valence-electron chi connectivity index (χ4n) is 6.92. The lowest BCUT2D eigenvalue weighted by Gasteiger charge is -2.56. The summed E-state index contributed by atoms with van der Waals surface area (Å²) in [5.74, 6) is 0.771. The number of carbonyl (C=O) groups excluding carboxylic acids is 2. The minimum Gasteiger partial charge on any atom is -0.330 e. The van der Waals surface area contributed by atoms with Gasteiger partial charge in [0, 0.05) is 18.3 Å². The smallest absolute Gasteiger partial charge is 0.306 e. The summed E-state index contributed by atoms with van der Waals surface area (Å²) in [6.45, 7) is 0.572. The third kappa shape index (κ3) is 3.17. The Balaban J connectivity index is 1.33. The number of halogens is 1. The van der Waals surface area contributed by atoms with Gasteiger partial charge in [0.05, 0.1) is 10.3 Å². The number of hydrogen-bond donors (Lipinski definition) is 1. The Morgan fingerprint density at radius 2 is 1.77 bits per heavy atom. The highest BCUT2D eigenvalue weighted by Gasteiger charge is 2.56. The van der Waals surface area contributed by atoms with Crippen molar-refractivity contribution in [3.8, 4) is 0 Å². The highest BCUT2D eigenvalue weighted by Crippen LogP contribution is 2.60. The van der Waals surface area contributed by atoms with Crippen molar-refractivity contribution in [2.75, 3.05) is 11.9 Å². The molecule has 1 saturated heterocycles. The van der Waals surface area contributed by atoms with E-state index in [9.17, 15) is 24.1 Å². The monoisotopic (exact) mass is 415 g/mol. The van der Waals surface area contributed by atoms with Gasteiger partial charge in [-0.2, -0.15) is 4.39 Å². The topological polar surface area (TPSA) is 92.5 Å². The van der Waals surface area contributed by atoms with E-state index in [4.69, 9.17) is 0 Å². The number of hydrogen-bond acceptors (Lipinski definition) is 4. The molecule has 1 atom stereocenters. The molecule has 0 radical (unpaired) electrons. The van der Waals surface area contributed by atoms with Crippen molar-refractivity contribution in [3.05, 3.63) is 34.1 Å². The summed E-state index contributed by atoms with van der Waals surface area (Å²) in [4.78, 5) is 38.5. The molecule has 4 bridgehead atoms. The van der Waals surface area contributed by atoms with Crippen molar-refractivity contribution in [2.45, 2.75) is 57.4 Å². The van der Waals surface area contributed by atoms with Crippen LogP contribution in [-0.2, 0) is 9.59 Å². The SMILES string of the molecule is O=C(Nc1ccc(F)c([N+](=O)[O-])c1)C1CCCN1C(=O)C12CC3CC(CC(C3)C1)C2. The Hall–Kier alpha value is -2.51. The van der Waals surface area contributed by atoms with Crippen molar-refractivity contribution in [1.29, 1.82) is 0 Å². The van der Waals surface area contributed by atoms with Gasteiger partial charge in [-0.25, -0.2) is 0 Å². The molecule has 8 heteroatoms. The molecule has 2 amide bonds. The Labute approximate surface area is 174 Å². The van der Waals surface area contributed by atoms with Gasteiger partial charge < -0.3 is 10.2 Å². The van der Waals surface area contributed by atoms with Crippen LogP contribution in [0.3, 0.4) is 0 Å². The van der Waals surface area contributed by atoms with Crippen LogP contribution in [0.5, 0.6) is 0 Å². The fraction of sp³-hybridized carbons (Fsp3) is 0.636. The molecule has 1 aromatic rings. The van der Waals surface area contributed by atoms with Crippen LogP contribution in [0.4, 0.5) is 15.8 Å². The van der Waals surface area contributed by atoms with Gasteiger partial charge in [-0.05, 0) is 81.3 Å². The molecular weight excluding hydrogens is 389 g/mol. The van der Waals surface area contributed by atoms with Crippen molar-refractivity contribution in [3.63, 3.8) is 0 Å². The highest BCUT2D eigenvalue weighted by atomic mass is 19.1. The van der Waals surface area contributed by atoms with E-state index < -0.39 is 22.5 Å². The molecule has 5 fully saturated rings. The number of rotatable bonds is 4. The molecule has 6 rings (SSSR count). The highest BCUT2D eigenvalue weighted by molar-refractivity contribution is 5.98. The van der Waals surface area contributed by atoms with Gasteiger partial charge in [0.2, 0.25) is 17.6 Å².